The smallest absolute Gasteiger partial charge is 0.386 e. The average Bonchev–Trinajstić information content (AvgIpc) is 3.65. The molecule has 0 aromatic carbocycles. The summed E-state index contributed by atoms with van der Waals surface area (Å²) >= 11 is 0. The van der Waals surface area contributed by atoms with Crippen LogP contribution in [0.5, 0.6) is 0 Å². The fraction of sp³-hybridized carbons (Fsp3) is 0.500. The normalized spacial score (nSPS) is 23.5. The highest BCUT2D eigenvalue weighted by molar-refractivity contribution is 7.47. The zero-order valence-electron chi connectivity index (χ0n) is 22.9. The molecule has 0 radical (unpaired) electrons. The molecule has 23 nitrogen and oxygen atoms in total. The van der Waals surface area contributed by atoms with E-state index in [0.29, 0.717) is 0 Å². The van der Waals surface area contributed by atoms with Gasteiger partial charge in [-0.2, -0.15) is 9.88 Å². The summed E-state index contributed by atoms with van der Waals surface area (Å²) in [7, 11) is -7.86. The Morgan fingerprint density at radius 1 is 1.18 bits per heavy atom. The third-order valence-electron chi connectivity index (χ3n) is 6.44. The third kappa shape index (κ3) is 6.99. The van der Waals surface area contributed by atoms with E-state index in [1.807, 2.05) is 0 Å². The molecule has 4 aromatic rings. The fourth-order valence-corrected chi connectivity index (χ4v) is 5.83. The van der Waals surface area contributed by atoms with Crippen molar-refractivity contribution in [2.75, 3.05) is 24.4 Å². The molecule has 5 rings (SSSR count). The number of imidazole rings is 2. The zero-order valence-corrected chi connectivity index (χ0v) is 24.7. The van der Waals surface area contributed by atoms with E-state index in [9.17, 15) is 39.0 Å². The molecule has 1 fully saturated rings. The van der Waals surface area contributed by atoms with E-state index in [-0.39, 0.29) is 34.1 Å². The summed E-state index contributed by atoms with van der Waals surface area (Å²) in [4.78, 5) is 54.0. The molecule has 0 aliphatic carbocycles. The fourth-order valence-electron chi connectivity index (χ4n) is 4.61. The lowest BCUT2D eigenvalue weighted by molar-refractivity contribution is -0.283. The van der Waals surface area contributed by atoms with Crippen molar-refractivity contribution in [1.82, 2.24) is 39.0 Å². The van der Waals surface area contributed by atoms with Gasteiger partial charge in [0.2, 0.25) is 5.95 Å². The number of nitrogens with one attached hydrogen (secondary N) is 1. The van der Waals surface area contributed by atoms with Gasteiger partial charge < -0.3 is 45.9 Å². The molecule has 0 saturated carbocycles. The van der Waals surface area contributed by atoms with Crippen molar-refractivity contribution in [2.24, 2.45) is 0 Å². The van der Waals surface area contributed by atoms with E-state index >= 15 is 0 Å². The van der Waals surface area contributed by atoms with Crippen molar-refractivity contribution in [1.29, 1.82) is 0 Å². The monoisotopic (exact) mass is 677 g/mol. The number of nitrogens with two attached hydrogens (primary N) is 2. The lowest BCUT2D eigenvalue weighted by Gasteiger charge is -2.28. The van der Waals surface area contributed by atoms with E-state index in [2.05, 4.69) is 29.9 Å². The highest BCUT2D eigenvalue weighted by Gasteiger charge is 2.48. The number of hydrogen-bond acceptors (Lipinski definition) is 18. The Bertz CT molecular complexity index is 1800. The van der Waals surface area contributed by atoms with E-state index in [0.717, 1.165) is 28.1 Å². The van der Waals surface area contributed by atoms with E-state index < -0.39 is 77.7 Å². The number of ether oxygens (including phenoxy) is 3. The second-order valence-corrected chi connectivity index (χ2v) is 11.8. The first-order valence-electron chi connectivity index (χ1n) is 12.7. The number of anilines is 2. The Kier molecular flexibility index (Phi) is 9.51. The predicted molar refractivity (Wildman–Crippen MR) is 146 cm³/mol. The van der Waals surface area contributed by atoms with Crippen molar-refractivity contribution in [3.63, 3.8) is 0 Å². The van der Waals surface area contributed by atoms with Crippen LogP contribution in [0.3, 0.4) is 0 Å². The first-order chi connectivity index (χ1) is 21.3. The number of H-pyrrole nitrogens is 1. The number of phosphoric acid groups is 1. The molecule has 10 N–H and O–H groups in total. The molecular formula is C20H27N10O13P2+. The Labute approximate surface area is 250 Å². The largest absolute Gasteiger partial charge is 0.534 e. The maximum atomic E-state index is 13.0. The van der Waals surface area contributed by atoms with Crippen LogP contribution in [0.15, 0.2) is 23.8 Å². The molecule has 4 aromatic heterocycles. The molecule has 244 valence electrons. The van der Waals surface area contributed by atoms with Gasteiger partial charge in [0.1, 0.15) is 36.3 Å². The van der Waals surface area contributed by atoms with Crippen molar-refractivity contribution >= 4 is 49.9 Å². The number of nitrogens with zero attached hydrogens (tertiary/aromatic N) is 7. The standard InChI is InChI=1S/C20H26N10O13P2/c1-7(17(42-20(33)34)29-4-25-9-13(21)23-3-24-14(9)29)43-45(37,38)40-2-8-12(39-6-44(35)36)11(31)18(41-8)30-5-26-10-15(30)27-19(22)28-16(10)32/h3-5,7-8,11-12,17-18,20,31,33-34H,2,6H2,1H3,(H6-,21,22,23,24,27,28,32,35,36,37,38)/p+1/t7?,8-,11+,12?,17-,18-/m1/s1. The van der Waals surface area contributed by atoms with Gasteiger partial charge in [-0.05, 0) is 11.5 Å². The second kappa shape index (κ2) is 13.0. The number of rotatable bonds is 13. The Morgan fingerprint density at radius 2 is 1.91 bits per heavy atom. The van der Waals surface area contributed by atoms with Crippen LogP contribution < -0.4 is 17.0 Å². The summed E-state index contributed by atoms with van der Waals surface area (Å²) < 4.78 is 53.2. The maximum Gasteiger partial charge on any atom is 0.534 e. The number of aromatic nitrogens is 8. The first kappa shape index (κ1) is 32.8. The first-order valence-corrected chi connectivity index (χ1v) is 15.6. The Morgan fingerprint density at radius 3 is 2.62 bits per heavy atom. The van der Waals surface area contributed by atoms with Crippen LogP contribution in [0, 0.1) is 0 Å². The molecule has 25 heteroatoms. The van der Waals surface area contributed by atoms with Gasteiger partial charge >= 0.3 is 15.9 Å². The molecule has 45 heavy (non-hydrogen) atoms. The molecule has 0 amide bonds. The average molecular weight is 677 g/mol. The molecular weight excluding hydrogens is 650 g/mol. The molecule has 1 aliphatic heterocycles. The van der Waals surface area contributed by atoms with E-state index in [4.69, 9.17) is 34.7 Å². The number of aliphatic hydroxyl groups excluding tert-OH is 2. The van der Waals surface area contributed by atoms with Crippen molar-refractivity contribution in [2.45, 2.75) is 50.3 Å². The van der Waals surface area contributed by atoms with Gasteiger partial charge in [0.15, 0.2) is 35.1 Å². The van der Waals surface area contributed by atoms with Gasteiger partial charge in [0, 0.05) is 0 Å². The lowest BCUT2D eigenvalue weighted by Crippen LogP contribution is -2.36. The van der Waals surface area contributed by atoms with Crippen molar-refractivity contribution in [3.05, 3.63) is 29.3 Å². The maximum absolute atomic E-state index is 13.0. The van der Waals surface area contributed by atoms with Crippen LogP contribution >= 0.6 is 15.9 Å². The van der Waals surface area contributed by atoms with Crippen molar-refractivity contribution < 1.29 is 57.5 Å². The number of hydrogen-bond donors (Lipinski definition) is 8. The quantitative estimate of drug-likeness (QED) is 0.0548. The minimum absolute atomic E-state index is 0.00101. The van der Waals surface area contributed by atoms with Gasteiger partial charge in [-0.15, -0.1) is 0 Å². The Hall–Kier alpha value is -3.57. The van der Waals surface area contributed by atoms with Crippen LogP contribution in [0.2, 0.25) is 0 Å². The minimum atomic E-state index is -5.04. The van der Waals surface area contributed by atoms with Crippen LogP contribution in [0.4, 0.5) is 11.8 Å². The number of aliphatic hydroxyl groups is 3. The SMILES string of the molecule is CC(OP(=O)(O)OC[C@H]1O[C@@H](n2cnc3c(=O)[nH]c(N)nc32)[C@@H](O)C1OC[P+](=O)O)[C@@H](OC(O)O)n1cnc2c(N)ncnc21. The highest BCUT2D eigenvalue weighted by atomic mass is 31.2. The van der Waals surface area contributed by atoms with Crippen LogP contribution in [-0.4, -0.2) is 108 Å². The van der Waals surface area contributed by atoms with Gasteiger partial charge in [0.05, 0.1) is 19.3 Å². The predicted octanol–water partition coefficient (Wildman–Crippen LogP) is -2.23. The summed E-state index contributed by atoms with van der Waals surface area (Å²) in [5, 5.41) is 30.0. The molecule has 4 unspecified atom stereocenters. The number of aromatic amines is 1. The molecule has 0 spiro atoms. The van der Waals surface area contributed by atoms with Gasteiger partial charge in [0.25, 0.3) is 18.4 Å². The van der Waals surface area contributed by atoms with Crippen LogP contribution in [0.25, 0.3) is 22.3 Å². The van der Waals surface area contributed by atoms with Crippen LogP contribution in [0.1, 0.15) is 19.4 Å². The third-order valence-corrected chi connectivity index (χ3v) is 7.88. The minimum Gasteiger partial charge on any atom is -0.386 e. The Balaban J connectivity index is 1.34. The summed E-state index contributed by atoms with van der Waals surface area (Å²) in [6.07, 6.45) is -6.04. The topological polar surface area (TPSA) is 341 Å². The van der Waals surface area contributed by atoms with Gasteiger partial charge in [-0.25, -0.2) is 24.5 Å². The summed E-state index contributed by atoms with van der Waals surface area (Å²) in [5.74, 6) is -0.254. The summed E-state index contributed by atoms with van der Waals surface area (Å²) in [5.41, 5.74) is 10.7. The molecule has 5 heterocycles. The second-order valence-electron chi connectivity index (χ2n) is 9.45. The molecule has 8 atom stereocenters. The number of fused-ring (bicyclic) bond motifs is 2. The lowest BCUT2D eigenvalue weighted by atomic mass is 10.1. The zero-order chi connectivity index (χ0) is 32.6. The molecule has 1 aliphatic rings. The van der Waals surface area contributed by atoms with Gasteiger partial charge in [-0.3, -0.25) is 28.0 Å². The van der Waals surface area contributed by atoms with Crippen LogP contribution in [-0.2, 0) is 32.4 Å². The van der Waals surface area contributed by atoms with Gasteiger partial charge in [-0.1, -0.05) is 0 Å². The van der Waals surface area contributed by atoms with Crippen molar-refractivity contribution in [3.8, 4) is 0 Å². The summed E-state index contributed by atoms with van der Waals surface area (Å²) in [6, 6.07) is 0. The summed E-state index contributed by atoms with van der Waals surface area (Å²) in [6.45, 7) is -1.90. The van der Waals surface area contributed by atoms with E-state index in [1.165, 1.54) is 6.92 Å². The highest BCUT2D eigenvalue weighted by Crippen LogP contribution is 2.47. The molecule has 0 bridgehead atoms. The van der Waals surface area contributed by atoms with E-state index in [1.54, 1.807) is 0 Å². The molecule has 1 saturated heterocycles. The number of nitrogen functional groups attached to an aromatic ring is 2. The number of phosphoric ester groups is 1.